The maximum atomic E-state index is 13.2. The van der Waals surface area contributed by atoms with E-state index in [2.05, 4.69) is 9.88 Å². The summed E-state index contributed by atoms with van der Waals surface area (Å²) < 4.78 is 1.35. The van der Waals surface area contributed by atoms with Crippen molar-refractivity contribution in [2.45, 2.75) is 26.9 Å². The normalized spacial score (nSPS) is 13.8. The first-order valence-electron chi connectivity index (χ1n) is 11.5. The van der Waals surface area contributed by atoms with E-state index >= 15 is 0 Å². The maximum absolute atomic E-state index is 13.2. The first-order valence-corrected chi connectivity index (χ1v) is 12.2. The zero-order chi connectivity index (χ0) is 25.1. The third-order valence-corrected chi connectivity index (χ3v) is 7.03. The van der Waals surface area contributed by atoms with Gasteiger partial charge >= 0.3 is 0 Å². The topological polar surface area (TPSA) is 78.8 Å². The highest BCUT2D eigenvalue weighted by molar-refractivity contribution is 6.42. The van der Waals surface area contributed by atoms with Crippen molar-refractivity contribution < 1.29 is 9.59 Å². The van der Waals surface area contributed by atoms with E-state index < -0.39 is 0 Å². The molecule has 1 aromatic heterocycles. The van der Waals surface area contributed by atoms with Crippen molar-refractivity contribution >= 4 is 51.6 Å². The number of amides is 2. The van der Waals surface area contributed by atoms with Gasteiger partial charge in [0.25, 0.3) is 5.56 Å². The van der Waals surface area contributed by atoms with Gasteiger partial charge in [-0.15, -0.1) is 0 Å². The van der Waals surface area contributed by atoms with Gasteiger partial charge in [0.15, 0.2) is 0 Å². The van der Waals surface area contributed by atoms with Crippen LogP contribution in [-0.2, 0) is 22.7 Å². The van der Waals surface area contributed by atoms with Gasteiger partial charge in [-0.05, 0) is 42.8 Å². The Labute approximate surface area is 213 Å². The zero-order valence-electron chi connectivity index (χ0n) is 19.7. The van der Waals surface area contributed by atoms with E-state index in [-0.39, 0.29) is 23.9 Å². The molecule has 10 heteroatoms. The molecular weight excluding hydrogens is 489 g/mol. The first-order chi connectivity index (χ1) is 16.8. The van der Waals surface area contributed by atoms with Gasteiger partial charge in [0.1, 0.15) is 6.54 Å². The molecular formula is C25H27Cl2N5O3. The van der Waals surface area contributed by atoms with Crippen molar-refractivity contribution in [1.29, 1.82) is 0 Å². The molecule has 3 aromatic rings. The Balaban J connectivity index is 1.52. The minimum absolute atomic E-state index is 0.0696. The molecule has 0 aliphatic carbocycles. The summed E-state index contributed by atoms with van der Waals surface area (Å²) in [4.78, 5) is 47.9. The molecule has 1 saturated heterocycles. The molecule has 0 spiro atoms. The summed E-state index contributed by atoms with van der Waals surface area (Å²) in [5.74, 6) is -0.126. The molecule has 1 fully saturated rings. The van der Waals surface area contributed by atoms with Crippen LogP contribution in [0.1, 0.15) is 19.4 Å². The molecule has 1 aliphatic rings. The number of hydrogen-bond donors (Lipinski definition) is 0. The Kier molecular flexibility index (Phi) is 7.62. The number of nitrogens with zero attached hydrogens (tertiary/aromatic N) is 5. The van der Waals surface area contributed by atoms with Crippen LogP contribution in [0, 0.1) is 0 Å². The predicted molar refractivity (Wildman–Crippen MR) is 138 cm³/mol. The van der Waals surface area contributed by atoms with E-state index in [0.717, 1.165) is 11.3 Å². The average Bonchev–Trinajstić information content (AvgIpc) is 2.86. The van der Waals surface area contributed by atoms with E-state index in [9.17, 15) is 14.4 Å². The lowest BCUT2D eigenvalue weighted by atomic mass is 10.2. The number of halogens is 2. The molecule has 184 valence electrons. The number of rotatable bonds is 6. The number of piperazine rings is 1. The van der Waals surface area contributed by atoms with Crippen LogP contribution in [0.15, 0.2) is 47.5 Å². The molecule has 0 N–H and O–H groups in total. The summed E-state index contributed by atoms with van der Waals surface area (Å²) in [5, 5.41) is 1.35. The van der Waals surface area contributed by atoms with E-state index in [0.29, 0.717) is 60.2 Å². The molecule has 35 heavy (non-hydrogen) atoms. The van der Waals surface area contributed by atoms with Crippen LogP contribution < -0.4 is 10.5 Å². The lowest BCUT2D eigenvalue weighted by molar-refractivity contribution is -0.132. The fraction of sp³-hybridized carbons (Fsp3) is 0.360. The summed E-state index contributed by atoms with van der Waals surface area (Å²) >= 11 is 12.1. The smallest absolute Gasteiger partial charge is 0.261 e. The third kappa shape index (κ3) is 5.60. The second-order valence-corrected chi connectivity index (χ2v) is 9.34. The third-order valence-electron chi connectivity index (χ3n) is 6.30. The Bertz CT molecular complexity index is 1320. The summed E-state index contributed by atoms with van der Waals surface area (Å²) in [5.41, 5.74) is 2.07. The van der Waals surface area contributed by atoms with Gasteiger partial charge in [-0.25, -0.2) is 4.98 Å². The minimum atomic E-state index is -0.266. The van der Waals surface area contributed by atoms with Gasteiger partial charge in [-0.2, -0.15) is 0 Å². The average molecular weight is 516 g/mol. The molecule has 8 nitrogen and oxygen atoms in total. The summed E-state index contributed by atoms with van der Waals surface area (Å²) in [7, 11) is 0. The number of anilines is 1. The van der Waals surface area contributed by atoms with Crippen LogP contribution in [0.25, 0.3) is 10.9 Å². The number of fused-ring (bicyclic) bond motifs is 1. The first kappa shape index (κ1) is 25.0. The fourth-order valence-electron chi connectivity index (χ4n) is 4.22. The summed E-state index contributed by atoms with van der Waals surface area (Å²) in [6.45, 7) is 6.86. The highest BCUT2D eigenvalue weighted by Crippen LogP contribution is 2.23. The van der Waals surface area contributed by atoms with Crippen LogP contribution in [0.4, 0.5) is 5.69 Å². The lowest BCUT2D eigenvalue weighted by Crippen LogP contribution is -2.48. The minimum Gasteiger partial charge on any atom is -0.368 e. The molecule has 0 atom stereocenters. The fourth-order valence-corrected chi connectivity index (χ4v) is 4.54. The predicted octanol–water partition coefficient (Wildman–Crippen LogP) is 3.42. The molecule has 2 amide bonds. The molecule has 2 heterocycles. The van der Waals surface area contributed by atoms with Gasteiger partial charge in [-0.3, -0.25) is 19.0 Å². The SMILES string of the molecule is CCN(Cc1ccc(Cl)c(Cl)c1)C(=O)Cn1cnc2ccc(N3CCN(C(C)=O)CC3)cc2c1=O. The maximum Gasteiger partial charge on any atom is 0.261 e. The molecule has 2 aromatic carbocycles. The van der Waals surface area contributed by atoms with Gasteiger partial charge in [-0.1, -0.05) is 29.3 Å². The van der Waals surface area contributed by atoms with E-state index in [1.165, 1.54) is 10.9 Å². The zero-order valence-corrected chi connectivity index (χ0v) is 21.2. The quantitative estimate of drug-likeness (QED) is 0.502. The monoisotopic (exact) mass is 515 g/mol. The Morgan fingerprint density at radius 2 is 1.77 bits per heavy atom. The van der Waals surface area contributed by atoms with Crippen LogP contribution >= 0.6 is 23.2 Å². The van der Waals surface area contributed by atoms with E-state index in [1.54, 1.807) is 24.0 Å². The summed E-state index contributed by atoms with van der Waals surface area (Å²) in [6.07, 6.45) is 1.42. The second-order valence-electron chi connectivity index (χ2n) is 8.53. The van der Waals surface area contributed by atoms with Crippen molar-refractivity contribution in [2.75, 3.05) is 37.6 Å². The number of carbonyl (C=O) groups is 2. The molecule has 0 radical (unpaired) electrons. The van der Waals surface area contributed by atoms with Crippen LogP contribution in [0.5, 0.6) is 0 Å². The van der Waals surface area contributed by atoms with Crippen molar-refractivity contribution in [3.8, 4) is 0 Å². The van der Waals surface area contributed by atoms with Crippen LogP contribution in [-0.4, -0.2) is 63.9 Å². The van der Waals surface area contributed by atoms with E-state index in [1.807, 2.05) is 36.1 Å². The van der Waals surface area contributed by atoms with Gasteiger partial charge < -0.3 is 14.7 Å². The largest absolute Gasteiger partial charge is 0.368 e. The lowest BCUT2D eigenvalue weighted by Gasteiger charge is -2.35. The van der Waals surface area contributed by atoms with Crippen molar-refractivity contribution in [3.63, 3.8) is 0 Å². The Hall–Kier alpha value is -3.10. The molecule has 1 aliphatic heterocycles. The second kappa shape index (κ2) is 10.7. The number of benzene rings is 2. The highest BCUT2D eigenvalue weighted by Gasteiger charge is 2.20. The van der Waals surface area contributed by atoms with Crippen molar-refractivity contribution in [3.05, 3.63) is 68.7 Å². The van der Waals surface area contributed by atoms with Crippen LogP contribution in [0.3, 0.4) is 0 Å². The number of hydrogen-bond acceptors (Lipinski definition) is 5. The number of carbonyl (C=O) groups excluding carboxylic acids is 2. The molecule has 4 rings (SSSR count). The standard InChI is InChI=1S/C25H27Cl2N5O3/c1-3-29(14-18-4-6-21(26)22(27)12-18)24(34)15-32-16-28-23-7-5-19(13-20(23)25(32)35)31-10-8-30(9-11-31)17(2)33/h4-7,12-13,16H,3,8-11,14-15H2,1-2H3. The van der Waals surface area contributed by atoms with E-state index in [4.69, 9.17) is 23.2 Å². The molecule has 0 unspecified atom stereocenters. The van der Waals surface area contributed by atoms with Gasteiger partial charge in [0, 0.05) is 51.9 Å². The van der Waals surface area contributed by atoms with Gasteiger partial charge in [0.2, 0.25) is 11.8 Å². The molecule has 0 bridgehead atoms. The Morgan fingerprint density at radius 1 is 1.03 bits per heavy atom. The summed E-state index contributed by atoms with van der Waals surface area (Å²) in [6, 6.07) is 10.8. The highest BCUT2D eigenvalue weighted by atomic mass is 35.5. The van der Waals surface area contributed by atoms with Crippen molar-refractivity contribution in [2.24, 2.45) is 0 Å². The number of aromatic nitrogens is 2. The number of likely N-dealkylation sites (N-methyl/N-ethyl adjacent to an activating group) is 1. The van der Waals surface area contributed by atoms with Crippen LogP contribution in [0.2, 0.25) is 10.0 Å². The van der Waals surface area contributed by atoms with Crippen molar-refractivity contribution in [1.82, 2.24) is 19.4 Å². The van der Waals surface area contributed by atoms with Gasteiger partial charge in [0.05, 0.1) is 27.3 Å². The molecule has 0 saturated carbocycles. The Morgan fingerprint density at radius 3 is 2.43 bits per heavy atom.